The summed E-state index contributed by atoms with van der Waals surface area (Å²) >= 11 is 0. The second-order valence-corrected chi connectivity index (χ2v) is 5.12. The van der Waals surface area contributed by atoms with Crippen LogP contribution in [0.25, 0.3) is 0 Å². The van der Waals surface area contributed by atoms with Crippen molar-refractivity contribution >= 4 is 0 Å². The normalized spacial score (nSPS) is 12.0. The molecular formula is C14H30O. The predicted molar refractivity (Wildman–Crippen MR) is 68.1 cm³/mol. The van der Waals surface area contributed by atoms with Crippen molar-refractivity contribution in [3.05, 3.63) is 0 Å². The van der Waals surface area contributed by atoms with Gasteiger partial charge in [0.25, 0.3) is 0 Å². The van der Waals surface area contributed by atoms with Crippen molar-refractivity contribution in [3.8, 4) is 0 Å². The molecule has 0 aliphatic rings. The molecule has 0 spiro atoms. The summed E-state index contributed by atoms with van der Waals surface area (Å²) in [5.41, 5.74) is -0.401. The van der Waals surface area contributed by atoms with Gasteiger partial charge in [0.05, 0.1) is 5.60 Å². The van der Waals surface area contributed by atoms with Gasteiger partial charge in [-0.25, -0.2) is 0 Å². The molecule has 92 valence electrons. The smallest absolute Gasteiger partial charge is 0.0619 e. The molecule has 1 nitrogen and oxygen atoms in total. The van der Waals surface area contributed by atoms with Crippen molar-refractivity contribution in [1.82, 2.24) is 0 Å². The minimum absolute atomic E-state index is 0.401. The molecule has 0 aromatic carbocycles. The van der Waals surface area contributed by atoms with Crippen LogP contribution in [-0.4, -0.2) is 10.7 Å². The van der Waals surface area contributed by atoms with Gasteiger partial charge in [0.1, 0.15) is 0 Å². The van der Waals surface area contributed by atoms with Crippen molar-refractivity contribution in [1.29, 1.82) is 0 Å². The first-order chi connectivity index (χ1) is 7.12. The molecule has 0 saturated heterocycles. The quantitative estimate of drug-likeness (QED) is 0.524. The summed E-state index contributed by atoms with van der Waals surface area (Å²) in [6.45, 7) is 6.46. The molecule has 1 N–H and O–H groups in total. The van der Waals surface area contributed by atoms with E-state index in [-0.39, 0.29) is 0 Å². The van der Waals surface area contributed by atoms with Crippen LogP contribution in [-0.2, 0) is 0 Å². The minimum atomic E-state index is -0.401. The lowest BCUT2D eigenvalue weighted by Gasteiger charge is -2.23. The van der Waals surface area contributed by atoms with Gasteiger partial charge in [-0.3, -0.25) is 0 Å². The highest BCUT2D eigenvalue weighted by Crippen LogP contribution is 2.21. The fraction of sp³-hybridized carbons (Fsp3) is 1.00. The number of aliphatic hydroxyl groups is 1. The van der Waals surface area contributed by atoms with Crippen LogP contribution in [0.1, 0.15) is 85.0 Å². The van der Waals surface area contributed by atoms with E-state index in [1.54, 1.807) is 0 Å². The van der Waals surface area contributed by atoms with Crippen LogP contribution in [0.4, 0.5) is 0 Å². The Morgan fingerprint density at radius 1 is 0.733 bits per heavy atom. The van der Waals surface area contributed by atoms with E-state index in [9.17, 15) is 5.11 Å². The Morgan fingerprint density at radius 3 is 1.47 bits per heavy atom. The third-order valence-corrected chi connectivity index (χ3v) is 3.14. The van der Waals surface area contributed by atoms with E-state index in [2.05, 4.69) is 13.8 Å². The molecule has 0 atom stereocenters. The first-order valence-electron chi connectivity index (χ1n) is 6.84. The summed E-state index contributed by atoms with van der Waals surface area (Å²) in [5.74, 6) is 0. The number of hydrogen-bond acceptors (Lipinski definition) is 1. The fourth-order valence-corrected chi connectivity index (χ4v) is 1.99. The Bertz CT molecular complexity index is 115. The lowest BCUT2D eigenvalue weighted by Crippen LogP contribution is -2.23. The molecule has 0 aliphatic heterocycles. The molecule has 0 heterocycles. The van der Waals surface area contributed by atoms with Crippen molar-refractivity contribution < 1.29 is 5.11 Å². The van der Waals surface area contributed by atoms with E-state index in [1.807, 2.05) is 6.92 Å². The largest absolute Gasteiger partial charge is 0.390 e. The summed E-state index contributed by atoms with van der Waals surface area (Å²) in [6.07, 6.45) is 12.1. The molecule has 0 amide bonds. The topological polar surface area (TPSA) is 20.2 Å². The van der Waals surface area contributed by atoms with Crippen molar-refractivity contribution in [2.24, 2.45) is 0 Å². The van der Waals surface area contributed by atoms with E-state index in [1.165, 1.54) is 51.4 Å². The van der Waals surface area contributed by atoms with Gasteiger partial charge in [-0.1, -0.05) is 65.2 Å². The maximum Gasteiger partial charge on any atom is 0.0619 e. The van der Waals surface area contributed by atoms with Crippen LogP contribution < -0.4 is 0 Å². The molecule has 0 aromatic heterocycles. The molecule has 0 fully saturated rings. The van der Waals surface area contributed by atoms with Crippen LogP contribution in [0, 0.1) is 0 Å². The molecule has 0 aliphatic carbocycles. The first kappa shape index (κ1) is 15.0. The minimum Gasteiger partial charge on any atom is -0.390 e. The van der Waals surface area contributed by atoms with Gasteiger partial charge < -0.3 is 5.11 Å². The summed E-state index contributed by atoms with van der Waals surface area (Å²) in [4.78, 5) is 0. The first-order valence-corrected chi connectivity index (χ1v) is 6.84. The van der Waals surface area contributed by atoms with Crippen LogP contribution >= 0.6 is 0 Å². The highest BCUT2D eigenvalue weighted by molar-refractivity contribution is 4.72. The van der Waals surface area contributed by atoms with Gasteiger partial charge in [0.2, 0.25) is 0 Å². The van der Waals surface area contributed by atoms with Crippen molar-refractivity contribution in [2.45, 2.75) is 90.6 Å². The second kappa shape index (κ2) is 9.21. The molecule has 15 heavy (non-hydrogen) atoms. The Balaban J connectivity index is 3.40. The van der Waals surface area contributed by atoms with E-state index >= 15 is 0 Å². The van der Waals surface area contributed by atoms with Crippen LogP contribution in [0.5, 0.6) is 0 Å². The Labute approximate surface area is 96.3 Å². The van der Waals surface area contributed by atoms with Gasteiger partial charge >= 0.3 is 0 Å². The highest BCUT2D eigenvalue weighted by Gasteiger charge is 2.18. The molecule has 1 heteroatoms. The molecule has 0 rings (SSSR count). The zero-order chi connectivity index (χ0) is 11.6. The zero-order valence-electron chi connectivity index (χ0n) is 11.0. The number of hydrogen-bond donors (Lipinski definition) is 1. The third kappa shape index (κ3) is 10.2. The van der Waals surface area contributed by atoms with Crippen molar-refractivity contribution in [3.63, 3.8) is 0 Å². The lowest BCUT2D eigenvalue weighted by molar-refractivity contribution is 0.0367. The van der Waals surface area contributed by atoms with E-state index in [4.69, 9.17) is 0 Å². The Hall–Kier alpha value is -0.0400. The van der Waals surface area contributed by atoms with E-state index in [0.717, 1.165) is 12.8 Å². The predicted octanol–water partition coefficient (Wildman–Crippen LogP) is 4.68. The fourth-order valence-electron chi connectivity index (χ4n) is 1.99. The van der Waals surface area contributed by atoms with Crippen LogP contribution in [0.2, 0.25) is 0 Å². The Morgan fingerprint density at radius 2 is 1.13 bits per heavy atom. The molecular weight excluding hydrogens is 184 g/mol. The van der Waals surface area contributed by atoms with Gasteiger partial charge in [-0.15, -0.1) is 0 Å². The number of unbranched alkanes of at least 4 members (excludes halogenated alkanes) is 6. The zero-order valence-corrected chi connectivity index (χ0v) is 11.0. The summed E-state index contributed by atoms with van der Waals surface area (Å²) in [5, 5.41) is 10.1. The maximum atomic E-state index is 10.1. The number of rotatable bonds is 10. The summed E-state index contributed by atoms with van der Waals surface area (Å²) < 4.78 is 0. The molecule has 0 bridgehead atoms. The summed E-state index contributed by atoms with van der Waals surface area (Å²) in [7, 11) is 0. The summed E-state index contributed by atoms with van der Waals surface area (Å²) in [6, 6.07) is 0. The third-order valence-electron chi connectivity index (χ3n) is 3.14. The van der Waals surface area contributed by atoms with E-state index < -0.39 is 5.60 Å². The standard InChI is InChI=1S/C14H30O/c1-4-6-8-10-12-14(3,15)13-11-9-7-5-2/h15H,4-13H2,1-3H3. The molecule has 0 aromatic rings. The SMILES string of the molecule is CCCCCCC(C)(O)CCCCCC. The maximum absolute atomic E-state index is 10.1. The van der Waals surface area contributed by atoms with Crippen molar-refractivity contribution in [2.75, 3.05) is 0 Å². The van der Waals surface area contributed by atoms with Gasteiger partial charge in [-0.05, 0) is 19.8 Å². The lowest BCUT2D eigenvalue weighted by atomic mass is 9.92. The average molecular weight is 214 g/mol. The monoisotopic (exact) mass is 214 g/mol. The van der Waals surface area contributed by atoms with Gasteiger partial charge in [0, 0.05) is 0 Å². The molecule has 0 saturated carbocycles. The molecule has 0 radical (unpaired) electrons. The average Bonchev–Trinajstić information content (AvgIpc) is 2.20. The second-order valence-electron chi connectivity index (χ2n) is 5.12. The van der Waals surface area contributed by atoms with Crippen LogP contribution in [0.3, 0.4) is 0 Å². The van der Waals surface area contributed by atoms with E-state index in [0.29, 0.717) is 0 Å². The highest BCUT2D eigenvalue weighted by atomic mass is 16.3. The molecule has 0 unspecified atom stereocenters. The van der Waals surface area contributed by atoms with Gasteiger partial charge in [0.15, 0.2) is 0 Å². The Kier molecular flexibility index (Phi) is 9.18. The van der Waals surface area contributed by atoms with Crippen LogP contribution in [0.15, 0.2) is 0 Å². The van der Waals surface area contributed by atoms with Gasteiger partial charge in [-0.2, -0.15) is 0 Å².